The van der Waals surface area contributed by atoms with Gasteiger partial charge in [-0.1, -0.05) is 35.7 Å². The number of piperidine rings is 1. The van der Waals surface area contributed by atoms with Crippen LogP contribution in [0.4, 0.5) is 5.69 Å². The van der Waals surface area contributed by atoms with E-state index in [4.69, 9.17) is 17.0 Å². The average Bonchev–Trinajstić information content (AvgIpc) is 3.14. The highest BCUT2D eigenvalue weighted by atomic mass is 35.5. The summed E-state index contributed by atoms with van der Waals surface area (Å²) < 4.78 is 0. The molecule has 0 aromatic heterocycles. The molecule has 1 aromatic rings. The molecule has 2 fully saturated rings. The van der Waals surface area contributed by atoms with E-state index in [9.17, 15) is 4.79 Å². The molecule has 1 aliphatic carbocycles. The van der Waals surface area contributed by atoms with Crippen molar-refractivity contribution < 1.29 is 4.79 Å². The van der Waals surface area contributed by atoms with Crippen molar-refractivity contribution in [2.45, 2.75) is 57.4 Å². The van der Waals surface area contributed by atoms with Crippen LogP contribution in [0.2, 0.25) is 5.02 Å². The summed E-state index contributed by atoms with van der Waals surface area (Å²) in [5.74, 6) is 0.828. The first-order valence-corrected chi connectivity index (χ1v) is 9.81. The topological polar surface area (TPSA) is 80.9 Å². The maximum absolute atomic E-state index is 12.7. The monoisotopic (exact) mass is 375 g/mol. The van der Waals surface area contributed by atoms with Crippen LogP contribution in [-0.4, -0.2) is 29.2 Å². The van der Waals surface area contributed by atoms with Crippen molar-refractivity contribution in [1.82, 2.24) is 4.90 Å². The molecule has 1 saturated heterocycles. The van der Waals surface area contributed by atoms with Gasteiger partial charge >= 0.3 is 0 Å². The number of halogens is 1. The van der Waals surface area contributed by atoms with Crippen LogP contribution in [0.25, 0.3) is 0 Å². The zero-order valence-corrected chi connectivity index (χ0v) is 15.7. The van der Waals surface area contributed by atoms with Gasteiger partial charge in [-0.3, -0.25) is 15.6 Å². The Balaban J connectivity index is 1.58. The predicted octanol–water partition coefficient (Wildman–Crippen LogP) is 5.06. The van der Waals surface area contributed by atoms with Gasteiger partial charge in [0.05, 0.1) is 11.7 Å². The second-order valence-corrected chi connectivity index (χ2v) is 7.60. The van der Waals surface area contributed by atoms with Crippen molar-refractivity contribution in [2.75, 3.05) is 12.0 Å². The molecule has 1 aliphatic heterocycles. The number of hydrogen-bond donors (Lipinski definition) is 2. The maximum atomic E-state index is 12.7. The first-order valence-electron chi connectivity index (χ1n) is 9.43. The molecule has 1 atom stereocenters. The van der Waals surface area contributed by atoms with Gasteiger partial charge < -0.3 is 4.90 Å². The van der Waals surface area contributed by atoms with Gasteiger partial charge in [0.1, 0.15) is 0 Å². The smallest absolute Gasteiger partial charge is 0.223 e. The number of carbonyl (C=O) groups is 1. The molecule has 1 unspecified atom stereocenters. The van der Waals surface area contributed by atoms with Crippen molar-refractivity contribution in [1.29, 1.82) is 5.41 Å². The van der Waals surface area contributed by atoms with Crippen LogP contribution in [0.5, 0.6) is 0 Å². The van der Waals surface area contributed by atoms with Crippen molar-refractivity contribution in [3.63, 3.8) is 0 Å². The van der Waals surface area contributed by atoms with E-state index in [0.717, 1.165) is 38.6 Å². The molecule has 26 heavy (non-hydrogen) atoms. The van der Waals surface area contributed by atoms with Gasteiger partial charge in [0.2, 0.25) is 5.91 Å². The lowest BCUT2D eigenvalue weighted by Gasteiger charge is -2.35. The third-order valence-electron chi connectivity index (χ3n) is 5.24. The number of amidine groups is 1. The number of nitrogens with zero attached hydrogens (tertiary/aromatic N) is 3. The normalized spacial score (nSPS) is 21.3. The Morgan fingerprint density at radius 3 is 2.77 bits per heavy atom. The highest BCUT2D eigenvalue weighted by molar-refractivity contribution is 6.30. The minimum Gasteiger partial charge on any atom is -0.332 e. The quantitative estimate of drug-likeness (QED) is 0.326. The SMILES string of the molecule is N=C(/N=N\Nc1cccc(Cl)c1)C1CCCCN1C(=O)CC1CCCC1. The summed E-state index contributed by atoms with van der Waals surface area (Å²) in [6.45, 7) is 0.718. The number of hydrogen-bond acceptors (Lipinski definition) is 3. The minimum atomic E-state index is -0.262. The maximum Gasteiger partial charge on any atom is 0.223 e. The Labute approximate surface area is 159 Å². The number of rotatable bonds is 5. The molecule has 1 heterocycles. The van der Waals surface area contributed by atoms with E-state index in [0.29, 0.717) is 23.0 Å². The van der Waals surface area contributed by atoms with E-state index < -0.39 is 0 Å². The lowest BCUT2D eigenvalue weighted by molar-refractivity contribution is -0.134. The molecule has 0 bridgehead atoms. The average molecular weight is 376 g/mol. The Bertz CT molecular complexity index is 672. The van der Waals surface area contributed by atoms with Gasteiger partial charge in [0, 0.05) is 18.0 Å². The van der Waals surface area contributed by atoms with Crippen molar-refractivity contribution in [3.05, 3.63) is 29.3 Å². The summed E-state index contributed by atoms with van der Waals surface area (Å²) >= 11 is 5.93. The molecule has 6 nitrogen and oxygen atoms in total. The summed E-state index contributed by atoms with van der Waals surface area (Å²) in [4.78, 5) is 14.6. The van der Waals surface area contributed by atoms with E-state index in [1.165, 1.54) is 12.8 Å². The number of likely N-dealkylation sites (tertiary alicyclic amines) is 1. The van der Waals surface area contributed by atoms with Crippen LogP contribution < -0.4 is 5.43 Å². The Morgan fingerprint density at radius 2 is 2.00 bits per heavy atom. The lowest BCUT2D eigenvalue weighted by Crippen LogP contribution is -2.47. The molecule has 7 heteroatoms. The molecule has 1 aromatic carbocycles. The molecule has 0 spiro atoms. The standard InChI is InChI=1S/C19H26ClN5O/c20-15-8-5-9-16(13-15)22-24-23-19(21)17-10-3-4-11-25(17)18(26)12-14-6-1-2-7-14/h5,8-9,13-14,17H,1-4,6-7,10-12H2,(H2,21,22,23). The summed E-state index contributed by atoms with van der Waals surface area (Å²) in [6, 6.07) is 6.90. The second kappa shape index (κ2) is 9.12. The van der Waals surface area contributed by atoms with Crippen LogP contribution in [0.15, 0.2) is 34.6 Å². The Kier molecular flexibility index (Phi) is 6.61. The second-order valence-electron chi connectivity index (χ2n) is 7.16. The largest absolute Gasteiger partial charge is 0.332 e. The Morgan fingerprint density at radius 1 is 1.23 bits per heavy atom. The molecule has 0 radical (unpaired) electrons. The molecular formula is C19H26ClN5O. The van der Waals surface area contributed by atoms with E-state index in [-0.39, 0.29) is 17.8 Å². The van der Waals surface area contributed by atoms with Crippen LogP contribution in [0, 0.1) is 11.3 Å². The predicted molar refractivity (Wildman–Crippen MR) is 104 cm³/mol. The third-order valence-corrected chi connectivity index (χ3v) is 5.47. The molecule has 1 amide bonds. The zero-order valence-electron chi connectivity index (χ0n) is 15.0. The number of anilines is 1. The number of amides is 1. The van der Waals surface area contributed by atoms with E-state index >= 15 is 0 Å². The zero-order chi connectivity index (χ0) is 18.4. The number of benzene rings is 1. The summed E-state index contributed by atoms with van der Waals surface area (Å²) in [5.41, 5.74) is 3.50. The van der Waals surface area contributed by atoms with Gasteiger partial charge in [0.25, 0.3) is 0 Å². The summed E-state index contributed by atoms with van der Waals surface area (Å²) in [5, 5.41) is 16.8. The fourth-order valence-corrected chi connectivity index (χ4v) is 4.04. The summed E-state index contributed by atoms with van der Waals surface area (Å²) in [7, 11) is 0. The molecule has 2 aliphatic rings. The minimum absolute atomic E-state index is 0.138. The van der Waals surface area contributed by atoms with E-state index in [1.54, 1.807) is 12.1 Å². The highest BCUT2D eigenvalue weighted by Crippen LogP contribution is 2.29. The Hall–Kier alpha value is -1.95. The lowest BCUT2D eigenvalue weighted by atomic mass is 9.98. The van der Waals surface area contributed by atoms with Crippen molar-refractivity contribution in [2.24, 2.45) is 16.3 Å². The van der Waals surface area contributed by atoms with E-state index in [1.807, 2.05) is 17.0 Å². The van der Waals surface area contributed by atoms with Gasteiger partial charge in [0.15, 0.2) is 5.84 Å². The van der Waals surface area contributed by atoms with Crippen LogP contribution in [-0.2, 0) is 4.79 Å². The molecular weight excluding hydrogens is 350 g/mol. The number of nitrogens with one attached hydrogen (secondary N) is 2. The summed E-state index contributed by atoms with van der Waals surface area (Å²) in [6.07, 6.45) is 8.19. The first-order chi connectivity index (χ1) is 12.6. The highest BCUT2D eigenvalue weighted by Gasteiger charge is 2.31. The van der Waals surface area contributed by atoms with Gasteiger partial charge in [-0.05, 0) is 56.2 Å². The van der Waals surface area contributed by atoms with Gasteiger partial charge in [-0.25, -0.2) is 0 Å². The van der Waals surface area contributed by atoms with Crippen LogP contribution >= 0.6 is 11.6 Å². The van der Waals surface area contributed by atoms with Crippen LogP contribution in [0.3, 0.4) is 0 Å². The van der Waals surface area contributed by atoms with Crippen molar-refractivity contribution >= 4 is 29.0 Å². The fourth-order valence-electron chi connectivity index (χ4n) is 3.85. The molecule has 140 valence electrons. The fraction of sp³-hybridized carbons (Fsp3) is 0.579. The first kappa shape index (κ1) is 18.8. The van der Waals surface area contributed by atoms with Gasteiger partial charge in [-0.2, -0.15) is 0 Å². The van der Waals surface area contributed by atoms with Crippen molar-refractivity contribution in [3.8, 4) is 0 Å². The molecule has 1 saturated carbocycles. The third kappa shape index (κ3) is 5.04. The van der Waals surface area contributed by atoms with Crippen LogP contribution in [0.1, 0.15) is 51.4 Å². The molecule has 2 N–H and O–H groups in total. The number of carbonyl (C=O) groups excluding carboxylic acids is 1. The molecule has 3 rings (SSSR count). The van der Waals surface area contributed by atoms with Gasteiger partial charge in [-0.15, -0.1) is 5.11 Å². The van der Waals surface area contributed by atoms with E-state index in [2.05, 4.69) is 15.8 Å².